The Bertz CT molecular complexity index is 837. The Labute approximate surface area is 173 Å². The molecule has 0 bridgehead atoms. The Hall–Kier alpha value is -2.97. The van der Waals surface area contributed by atoms with Crippen molar-refractivity contribution in [2.45, 2.75) is 32.1 Å². The number of para-hydroxylation sites is 1. The molecule has 1 aliphatic carbocycles. The van der Waals surface area contributed by atoms with Crippen LogP contribution in [0, 0.1) is 5.92 Å². The molecular formula is C21H25F3N4O2. The predicted octanol–water partition coefficient (Wildman–Crippen LogP) is 3.68. The van der Waals surface area contributed by atoms with Crippen LogP contribution >= 0.6 is 0 Å². The number of hydrogen-bond acceptors (Lipinski definition) is 4. The summed E-state index contributed by atoms with van der Waals surface area (Å²) < 4.78 is 47.1. The first kappa shape index (κ1) is 21.7. The fraction of sp³-hybridized carbons (Fsp3) is 0.429. The quantitative estimate of drug-likeness (QED) is 0.477. The molecule has 1 aromatic carbocycles. The molecule has 1 fully saturated rings. The van der Waals surface area contributed by atoms with Crippen LogP contribution < -0.4 is 20.1 Å². The van der Waals surface area contributed by atoms with Crippen LogP contribution in [-0.2, 0) is 13.1 Å². The molecule has 6 nitrogen and oxygen atoms in total. The van der Waals surface area contributed by atoms with Gasteiger partial charge >= 0.3 is 6.18 Å². The van der Waals surface area contributed by atoms with Crippen molar-refractivity contribution in [1.29, 1.82) is 0 Å². The van der Waals surface area contributed by atoms with Crippen LogP contribution in [0.25, 0.3) is 0 Å². The van der Waals surface area contributed by atoms with Crippen LogP contribution in [-0.4, -0.2) is 37.4 Å². The van der Waals surface area contributed by atoms with Gasteiger partial charge in [-0.05, 0) is 30.4 Å². The highest BCUT2D eigenvalue weighted by Gasteiger charge is 2.28. The van der Waals surface area contributed by atoms with Gasteiger partial charge in [0.25, 0.3) is 0 Å². The Kier molecular flexibility index (Phi) is 7.37. The van der Waals surface area contributed by atoms with E-state index in [2.05, 4.69) is 25.3 Å². The zero-order valence-corrected chi connectivity index (χ0v) is 16.7. The van der Waals surface area contributed by atoms with E-state index in [1.54, 1.807) is 13.1 Å². The first-order valence-electron chi connectivity index (χ1n) is 9.72. The van der Waals surface area contributed by atoms with E-state index in [0.29, 0.717) is 25.0 Å². The molecule has 2 N–H and O–H groups in total. The third-order valence-corrected chi connectivity index (χ3v) is 4.46. The molecular weight excluding hydrogens is 397 g/mol. The summed E-state index contributed by atoms with van der Waals surface area (Å²) in [7, 11) is 1.66. The molecule has 0 radical (unpaired) electrons. The molecule has 162 valence electrons. The summed E-state index contributed by atoms with van der Waals surface area (Å²) in [5.74, 6) is 2.07. The highest BCUT2D eigenvalue weighted by Crippen LogP contribution is 2.30. The molecule has 1 aliphatic rings. The van der Waals surface area contributed by atoms with Gasteiger partial charge in [-0.1, -0.05) is 24.3 Å². The second kappa shape index (κ2) is 10.2. The molecule has 9 heteroatoms. The van der Waals surface area contributed by atoms with Gasteiger partial charge in [0, 0.05) is 38.0 Å². The lowest BCUT2D eigenvalue weighted by Crippen LogP contribution is -2.36. The molecule has 0 amide bonds. The standard InChI is InChI=1S/C21H25F3N4O2/c1-25-20(27-11-16-8-9-19(26-10-16)30-14-21(22,23)24)28-12-17-4-2-3-5-18(17)29-13-15-6-7-15/h2-5,8-10,15H,6-7,11-14H2,1H3,(H2,25,27,28). The monoisotopic (exact) mass is 422 g/mol. The van der Waals surface area contributed by atoms with E-state index in [4.69, 9.17) is 4.74 Å². The number of guanidine groups is 1. The van der Waals surface area contributed by atoms with Crippen molar-refractivity contribution in [1.82, 2.24) is 15.6 Å². The van der Waals surface area contributed by atoms with Crippen molar-refractivity contribution >= 4 is 5.96 Å². The second-order valence-electron chi connectivity index (χ2n) is 7.05. The van der Waals surface area contributed by atoms with Crippen molar-refractivity contribution in [3.05, 3.63) is 53.7 Å². The molecule has 1 heterocycles. The Morgan fingerprint density at radius 3 is 2.53 bits per heavy atom. The average molecular weight is 422 g/mol. The molecule has 0 saturated heterocycles. The zero-order valence-electron chi connectivity index (χ0n) is 16.7. The number of nitrogens with one attached hydrogen (secondary N) is 2. The highest BCUT2D eigenvalue weighted by molar-refractivity contribution is 5.79. The molecule has 30 heavy (non-hydrogen) atoms. The van der Waals surface area contributed by atoms with Crippen LogP contribution in [0.1, 0.15) is 24.0 Å². The summed E-state index contributed by atoms with van der Waals surface area (Å²) in [5.41, 5.74) is 1.82. The van der Waals surface area contributed by atoms with Crippen molar-refractivity contribution in [3.63, 3.8) is 0 Å². The van der Waals surface area contributed by atoms with Gasteiger partial charge in [-0.2, -0.15) is 13.2 Å². The molecule has 2 aromatic rings. The maximum absolute atomic E-state index is 12.2. The van der Waals surface area contributed by atoms with Gasteiger partial charge in [-0.15, -0.1) is 0 Å². The molecule has 0 aliphatic heterocycles. The maximum Gasteiger partial charge on any atom is 0.422 e. The molecule has 1 saturated carbocycles. The number of rotatable bonds is 9. The van der Waals surface area contributed by atoms with Gasteiger partial charge in [0.15, 0.2) is 12.6 Å². The van der Waals surface area contributed by atoms with Crippen LogP contribution in [0.5, 0.6) is 11.6 Å². The predicted molar refractivity (Wildman–Crippen MR) is 107 cm³/mol. The lowest BCUT2D eigenvalue weighted by atomic mass is 10.2. The van der Waals surface area contributed by atoms with Gasteiger partial charge in [0.1, 0.15) is 5.75 Å². The lowest BCUT2D eigenvalue weighted by molar-refractivity contribution is -0.154. The minimum absolute atomic E-state index is 0.0682. The van der Waals surface area contributed by atoms with Crippen LogP contribution in [0.15, 0.2) is 47.6 Å². The average Bonchev–Trinajstić information content (AvgIpc) is 3.56. The summed E-state index contributed by atoms with van der Waals surface area (Å²) in [6.45, 7) is 0.342. The number of halogens is 3. The number of benzene rings is 1. The van der Waals surface area contributed by atoms with Crippen LogP contribution in [0.3, 0.4) is 0 Å². The van der Waals surface area contributed by atoms with E-state index in [-0.39, 0.29) is 5.88 Å². The lowest BCUT2D eigenvalue weighted by Gasteiger charge is -2.15. The largest absolute Gasteiger partial charge is 0.493 e. The summed E-state index contributed by atoms with van der Waals surface area (Å²) >= 11 is 0. The van der Waals surface area contributed by atoms with E-state index in [0.717, 1.165) is 23.5 Å². The Morgan fingerprint density at radius 2 is 1.87 bits per heavy atom. The number of nitrogens with zero attached hydrogens (tertiary/aromatic N) is 2. The minimum Gasteiger partial charge on any atom is -0.493 e. The Balaban J connectivity index is 1.46. The number of alkyl halides is 3. The van der Waals surface area contributed by atoms with Crippen molar-refractivity contribution < 1.29 is 22.6 Å². The van der Waals surface area contributed by atoms with E-state index < -0.39 is 12.8 Å². The number of ether oxygens (including phenoxy) is 2. The summed E-state index contributed by atoms with van der Waals surface area (Å²) in [5, 5.41) is 6.39. The molecule has 0 spiro atoms. The SMILES string of the molecule is CN=C(NCc1ccc(OCC(F)(F)F)nc1)NCc1ccccc1OCC1CC1. The third kappa shape index (κ3) is 7.46. The zero-order chi connectivity index (χ0) is 21.4. The number of pyridine rings is 1. The molecule has 0 unspecified atom stereocenters. The normalized spacial score (nSPS) is 14.3. The highest BCUT2D eigenvalue weighted by atomic mass is 19.4. The van der Waals surface area contributed by atoms with E-state index in [9.17, 15) is 13.2 Å². The summed E-state index contributed by atoms with van der Waals surface area (Å²) in [6, 6.07) is 10.9. The van der Waals surface area contributed by atoms with Crippen LogP contribution in [0.4, 0.5) is 13.2 Å². The molecule has 0 atom stereocenters. The van der Waals surface area contributed by atoms with E-state index in [1.165, 1.54) is 25.1 Å². The summed E-state index contributed by atoms with van der Waals surface area (Å²) in [4.78, 5) is 8.08. The number of aliphatic imine (C=N–C) groups is 1. The van der Waals surface area contributed by atoms with E-state index >= 15 is 0 Å². The molecule has 3 rings (SSSR count). The van der Waals surface area contributed by atoms with E-state index in [1.807, 2.05) is 24.3 Å². The van der Waals surface area contributed by atoms with Crippen molar-refractivity contribution in [2.75, 3.05) is 20.3 Å². The second-order valence-corrected chi connectivity index (χ2v) is 7.05. The van der Waals surface area contributed by atoms with Gasteiger partial charge in [0.2, 0.25) is 5.88 Å². The van der Waals surface area contributed by atoms with Gasteiger partial charge in [-0.3, -0.25) is 4.99 Å². The van der Waals surface area contributed by atoms with Crippen molar-refractivity contribution in [3.8, 4) is 11.6 Å². The number of aromatic nitrogens is 1. The molecule has 1 aromatic heterocycles. The third-order valence-electron chi connectivity index (χ3n) is 4.46. The van der Waals surface area contributed by atoms with Gasteiger partial charge in [0.05, 0.1) is 6.61 Å². The minimum atomic E-state index is -4.39. The maximum atomic E-state index is 12.2. The fourth-order valence-electron chi connectivity index (χ4n) is 2.62. The van der Waals surface area contributed by atoms with Gasteiger partial charge in [-0.25, -0.2) is 4.98 Å². The fourth-order valence-corrected chi connectivity index (χ4v) is 2.62. The Morgan fingerprint density at radius 1 is 1.10 bits per heavy atom. The topological polar surface area (TPSA) is 67.8 Å². The smallest absolute Gasteiger partial charge is 0.422 e. The first-order chi connectivity index (χ1) is 14.4. The summed E-state index contributed by atoms with van der Waals surface area (Å²) in [6.07, 6.45) is -0.447. The first-order valence-corrected chi connectivity index (χ1v) is 9.72. The van der Waals surface area contributed by atoms with Gasteiger partial charge < -0.3 is 20.1 Å². The number of hydrogen-bond donors (Lipinski definition) is 2. The van der Waals surface area contributed by atoms with Crippen LogP contribution in [0.2, 0.25) is 0 Å². The van der Waals surface area contributed by atoms with Crippen molar-refractivity contribution in [2.24, 2.45) is 10.9 Å².